The maximum atomic E-state index is 11.4. The topological polar surface area (TPSA) is 74.2 Å². The summed E-state index contributed by atoms with van der Waals surface area (Å²) in [5, 5.41) is 13.5. The summed E-state index contributed by atoms with van der Waals surface area (Å²) in [5.74, 6) is 0.595. The summed E-state index contributed by atoms with van der Waals surface area (Å²) in [4.78, 5) is 11.4. The highest BCUT2D eigenvalue weighted by molar-refractivity contribution is 5.90. The van der Waals surface area contributed by atoms with Crippen LogP contribution < -0.4 is 15.4 Å². The van der Waals surface area contributed by atoms with E-state index in [4.69, 9.17) is 10.00 Å². The fourth-order valence-corrected chi connectivity index (χ4v) is 1.15. The van der Waals surface area contributed by atoms with E-state index in [0.29, 0.717) is 24.4 Å². The van der Waals surface area contributed by atoms with Gasteiger partial charge in [-0.25, -0.2) is 4.79 Å². The number of amides is 2. The lowest BCUT2D eigenvalue weighted by Crippen LogP contribution is -2.29. The van der Waals surface area contributed by atoms with Crippen molar-refractivity contribution in [1.29, 1.82) is 5.26 Å². The monoisotopic (exact) mass is 219 g/mol. The molecule has 0 unspecified atom stereocenters. The summed E-state index contributed by atoms with van der Waals surface area (Å²) in [7, 11) is 1.54. The zero-order valence-electron chi connectivity index (χ0n) is 8.99. The van der Waals surface area contributed by atoms with Gasteiger partial charge in [-0.05, 0) is 12.1 Å². The van der Waals surface area contributed by atoms with Gasteiger partial charge in [-0.15, -0.1) is 0 Å². The van der Waals surface area contributed by atoms with Gasteiger partial charge in [0, 0.05) is 6.54 Å². The van der Waals surface area contributed by atoms with Crippen LogP contribution in [0.4, 0.5) is 10.5 Å². The number of rotatable bonds is 4. The fraction of sp³-hybridized carbons (Fsp3) is 0.273. The van der Waals surface area contributed by atoms with Crippen molar-refractivity contribution in [2.24, 2.45) is 0 Å². The van der Waals surface area contributed by atoms with Crippen LogP contribution in [0.15, 0.2) is 24.3 Å². The summed E-state index contributed by atoms with van der Waals surface area (Å²) < 4.78 is 5.08. The molecule has 2 N–H and O–H groups in total. The molecule has 5 nitrogen and oxygen atoms in total. The SMILES string of the molecule is COc1ccccc1NC(=O)NCCC#N. The van der Waals surface area contributed by atoms with Crippen LogP contribution in [0.2, 0.25) is 0 Å². The van der Waals surface area contributed by atoms with Crippen molar-refractivity contribution in [2.45, 2.75) is 6.42 Å². The number of hydrogen-bond donors (Lipinski definition) is 2. The highest BCUT2D eigenvalue weighted by Gasteiger charge is 2.05. The molecule has 1 aromatic carbocycles. The van der Waals surface area contributed by atoms with Crippen molar-refractivity contribution in [3.63, 3.8) is 0 Å². The molecule has 0 bridgehead atoms. The number of hydrogen-bond acceptors (Lipinski definition) is 3. The molecule has 0 saturated heterocycles. The third kappa shape index (κ3) is 3.50. The van der Waals surface area contributed by atoms with Gasteiger partial charge in [0.05, 0.1) is 25.3 Å². The van der Waals surface area contributed by atoms with Gasteiger partial charge in [0.1, 0.15) is 5.75 Å². The van der Waals surface area contributed by atoms with E-state index in [1.54, 1.807) is 18.2 Å². The second-order valence-electron chi connectivity index (χ2n) is 2.99. The van der Waals surface area contributed by atoms with Gasteiger partial charge >= 0.3 is 6.03 Å². The average Bonchev–Trinajstić information content (AvgIpc) is 2.30. The predicted octanol–water partition coefficient (Wildman–Crippen LogP) is 1.73. The van der Waals surface area contributed by atoms with Crippen LogP contribution in [0.1, 0.15) is 6.42 Å². The van der Waals surface area contributed by atoms with Crippen molar-refractivity contribution in [1.82, 2.24) is 5.32 Å². The molecule has 0 radical (unpaired) electrons. The van der Waals surface area contributed by atoms with E-state index in [0.717, 1.165) is 0 Å². The van der Waals surface area contributed by atoms with E-state index < -0.39 is 0 Å². The van der Waals surface area contributed by atoms with Crippen LogP contribution in [0, 0.1) is 11.3 Å². The van der Waals surface area contributed by atoms with E-state index in [1.165, 1.54) is 7.11 Å². The van der Waals surface area contributed by atoms with E-state index in [1.807, 2.05) is 12.1 Å². The Bertz CT molecular complexity index is 398. The first-order valence-electron chi connectivity index (χ1n) is 4.82. The normalized spacial score (nSPS) is 9.00. The van der Waals surface area contributed by atoms with Gasteiger partial charge in [0.15, 0.2) is 0 Å². The summed E-state index contributed by atoms with van der Waals surface area (Å²) in [6.45, 7) is 0.331. The number of nitrogens with zero attached hydrogens (tertiary/aromatic N) is 1. The number of ether oxygens (including phenoxy) is 1. The molecule has 0 aliphatic rings. The van der Waals surface area contributed by atoms with Crippen molar-refractivity contribution in [2.75, 3.05) is 19.0 Å². The zero-order chi connectivity index (χ0) is 11.8. The van der Waals surface area contributed by atoms with E-state index in [9.17, 15) is 4.79 Å². The largest absolute Gasteiger partial charge is 0.495 e. The Labute approximate surface area is 94.0 Å². The molecule has 16 heavy (non-hydrogen) atoms. The lowest BCUT2D eigenvalue weighted by Gasteiger charge is -2.09. The number of methoxy groups -OCH3 is 1. The predicted molar refractivity (Wildman–Crippen MR) is 60.2 cm³/mol. The molecule has 2 amide bonds. The van der Waals surface area contributed by atoms with Crippen LogP contribution >= 0.6 is 0 Å². The number of carbonyl (C=O) groups is 1. The smallest absolute Gasteiger partial charge is 0.319 e. The summed E-state index contributed by atoms with van der Waals surface area (Å²) >= 11 is 0. The number of nitriles is 1. The van der Waals surface area contributed by atoms with E-state index >= 15 is 0 Å². The molecule has 0 heterocycles. The molecule has 0 spiro atoms. The minimum Gasteiger partial charge on any atom is -0.495 e. The Morgan fingerprint density at radius 2 is 2.25 bits per heavy atom. The number of carbonyl (C=O) groups excluding carboxylic acids is 1. The Balaban J connectivity index is 2.53. The molecule has 1 aromatic rings. The Hall–Kier alpha value is -2.22. The molecule has 84 valence electrons. The molecule has 0 saturated carbocycles. The van der Waals surface area contributed by atoms with Crippen molar-refractivity contribution in [3.8, 4) is 11.8 Å². The molecular weight excluding hydrogens is 206 g/mol. The van der Waals surface area contributed by atoms with Gasteiger partial charge in [-0.3, -0.25) is 0 Å². The molecule has 0 fully saturated rings. The molecule has 0 aliphatic heterocycles. The first-order valence-corrected chi connectivity index (χ1v) is 4.82. The molecule has 1 rings (SSSR count). The van der Waals surface area contributed by atoms with Gasteiger partial charge in [0.2, 0.25) is 0 Å². The second-order valence-corrected chi connectivity index (χ2v) is 2.99. The number of urea groups is 1. The molecule has 0 aliphatic carbocycles. The number of para-hydroxylation sites is 2. The third-order valence-electron chi connectivity index (χ3n) is 1.88. The van der Waals surface area contributed by atoms with Crippen LogP contribution in [0.5, 0.6) is 5.75 Å². The summed E-state index contributed by atoms with van der Waals surface area (Å²) in [6.07, 6.45) is 0.291. The van der Waals surface area contributed by atoms with Crippen molar-refractivity contribution in [3.05, 3.63) is 24.3 Å². The molecule has 0 atom stereocenters. The fourth-order valence-electron chi connectivity index (χ4n) is 1.15. The summed E-state index contributed by atoms with van der Waals surface area (Å²) in [6, 6.07) is 8.70. The van der Waals surface area contributed by atoms with Crippen molar-refractivity contribution >= 4 is 11.7 Å². The number of anilines is 1. The highest BCUT2D eigenvalue weighted by Crippen LogP contribution is 2.22. The number of nitrogens with one attached hydrogen (secondary N) is 2. The molecule has 0 aromatic heterocycles. The minimum atomic E-state index is -0.347. The van der Waals surface area contributed by atoms with Crippen molar-refractivity contribution < 1.29 is 9.53 Å². The average molecular weight is 219 g/mol. The minimum absolute atomic E-state index is 0.291. The first-order chi connectivity index (χ1) is 7.77. The van der Waals surface area contributed by atoms with Crippen LogP contribution in [0.3, 0.4) is 0 Å². The third-order valence-corrected chi connectivity index (χ3v) is 1.88. The van der Waals surface area contributed by atoms with Gasteiger partial charge in [0.25, 0.3) is 0 Å². The molecular formula is C11H13N3O2. The highest BCUT2D eigenvalue weighted by atomic mass is 16.5. The maximum absolute atomic E-state index is 11.4. The first kappa shape index (κ1) is 11.9. The van der Waals surface area contributed by atoms with Crippen LogP contribution in [-0.2, 0) is 0 Å². The Morgan fingerprint density at radius 3 is 2.94 bits per heavy atom. The Kier molecular flexibility index (Phi) is 4.67. The van der Waals surface area contributed by atoms with Crippen LogP contribution in [0.25, 0.3) is 0 Å². The zero-order valence-corrected chi connectivity index (χ0v) is 8.99. The second kappa shape index (κ2) is 6.30. The quantitative estimate of drug-likeness (QED) is 0.757. The van der Waals surface area contributed by atoms with E-state index in [2.05, 4.69) is 10.6 Å². The van der Waals surface area contributed by atoms with Gasteiger partial charge in [-0.1, -0.05) is 12.1 Å². The van der Waals surface area contributed by atoms with Gasteiger partial charge in [-0.2, -0.15) is 5.26 Å². The lowest BCUT2D eigenvalue weighted by molar-refractivity contribution is 0.252. The van der Waals surface area contributed by atoms with E-state index in [-0.39, 0.29) is 6.03 Å². The summed E-state index contributed by atoms with van der Waals surface area (Å²) in [5.41, 5.74) is 0.597. The maximum Gasteiger partial charge on any atom is 0.319 e. The lowest BCUT2D eigenvalue weighted by atomic mass is 10.3. The standard InChI is InChI=1S/C11H13N3O2/c1-16-10-6-3-2-5-9(10)14-11(15)13-8-4-7-12/h2-3,5-6H,4,8H2,1H3,(H2,13,14,15). The Morgan fingerprint density at radius 1 is 1.50 bits per heavy atom. The molecule has 5 heteroatoms. The number of benzene rings is 1. The van der Waals surface area contributed by atoms with Gasteiger partial charge < -0.3 is 15.4 Å². The van der Waals surface area contributed by atoms with Crippen LogP contribution in [-0.4, -0.2) is 19.7 Å².